The van der Waals surface area contributed by atoms with Gasteiger partial charge in [-0.25, -0.2) is 4.79 Å². The van der Waals surface area contributed by atoms with Crippen LogP contribution in [0, 0.1) is 5.41 Å². The summed E-state index contributed by atoms with van der Waals surface area (Å²) in [7, 11) is 4.17. The molecule has 0 saturated carbocycles. The molecule has 5 nitrogen and oxygen atoms in total. The molecule has 0 aromatic carbocycles. The predicted molar refractivity (Wildman–Crippen MR) is 81.7 cm³/mol. The monoisotopic (exact) mass is 285 g/mol. The maximum Gasteiger partial charge on any atom is 0.410 e. The van der Waals surface area contributed by atoms with E-state index in [1.807, 2.05) is 25.7 Å². The Hall–Kier alpha value is -0.810. The second-order valence-electron chi connectivity index (χ2n) is 7.22. The van der Waals surface area contributed by atoms with Crippen molar-refractivity contribution in [2.45, 2.75) is 45.6 Å². The van der Waals surface area contributed by atoms with Crippen molar-refractivity contribution in [2.24, 2.45) is 11.1 Å². The van der Waals surface area contributed by atoms with Gasteiger partial charge in [0.2, 0.25) is 0 Å². The third-order valence-corrected chi connectivity index (χ3v) is 4.00. The first kappa shape index (κ1) is 17.2. The quantitative estimate of drug-likeness (QED) is 0.857. The van der Waals surface area contributed by atoms with Gasteiger partial charge in [0.05, 0.1) is 0 Å². The molecule has 0 unspecified atom stereocenters. The summed E-state index contributed by atoms with van der Waals surface area (Å²) in [6.07, 6.45) is 2.84. The van der Waals surface area contributed by atoms with Crippen LogP contribution >= 0.6 is 0 Å². The lowest BCUT2D eigenvalue weighted by molar-refractivity contribution is 0.00919. The van der Waals surface area contributed by atoms with Crippen molar-refractivity contribution in [3.05, 3.63) is 0 Å². The van der Waals surface area contributed by atoms with Crippen molar-refractivity contribution >= 4 is 6.09 Å². The van der Waals surface area contributed by atoms with Crippen molar-refractivity contribution in [3.63, 3.8) is 0 Å². The number of nitrogens with zero attached hydrogens (tertiary/aromatic N) is 2. The highest BCUT2D eigenvalue weighted by molar-refractivity contribution is 5.68. The average Bonchev–Trinajstić information content (AvgIpc) is 2.35. The summed E-state index contributed by atoms with van der Waals surface area (Å²) < 4.78 is 5.42. The van der Waals surface area contributed by atoms with E-state index in [1.165, 1.54) is 0 Å². The molecule has 2 N–H and O–H groups in total. The van der Waals surface area contributed by atoms with Gasteiger partial charge in [-0.2, -0.15) is 0 Å². The van der Waals surface area contributed by atoms with Crippen molar-refractivity contribution in [3.8, 4) is 0 Å². The van der Waals surface area contributed by atoms with E-state index >= 15 is 0 Å². The second-order valence-corrected chi connectivity index (χ2v) is 7.22. The Morgan fingerprint density at radius 1 is 1.30 bits per heavy atom. The zero-order chi connectivity index (χ0) is 15.4. The number of piperidine rings is 1. The summed E-state index contributed by atoms with van der Waals surface area (Å²) >= 11 is 0. The molecule has 0 aromatic rings. The molecule has 5 heteroatoms. The number of rotatable bonds is 4. The molecule has 0 aliphatic carbocycles. The highest BCUT2D eigenvalue weighted by Gasteiger charge is 2.35. The van der Waals surface area contributed by atoms with Gasteiger partial charge in [-0.1, -0.05) is 0 Å². The molecule has 118 valence electrons. The molecule has 1 rings (SSSR count). The molecule has 1 heterocycles. The molecule has 1 aliphatic heterocycles. The van der Waals surface area contributed by atoms with Crippen LogP contribution in [0.15, 0.2) is 0 Å². The van der Waals surface area contributed by atoms with E-state index in [9.17, 15) is 4.79 Å². The van der Waals surface area contributed by atoms with E-state index in [1.54, 1.807) is 0 Å². The Kier molecular flexibility index (Phi) is 5.83. The zero-order valence-corrected chi connectivity index (χ0v) is 13.7. The van der Waals surface area contributed by atoms with E-state index in [0.717, 1.165) is 38.9 Å². The SMILES string of the molecule is CN(C)CCC1(CN)CCN(C(=O)OC(C)(C)C)CC1. The lowest BCUT2D eigenvalue weighted by atomic mass is 9.75. The molecule has 1 saturated heterocycles. The first-order chi connectivity index (χ1) is 9.17. The smallest absolute Gasteiger partial charge is 0.410 e. The number of nitrogens with two attached hydrogens (primary N) is 1. The fraction of sp³-hybridized carbons (Fsp3) is 0.933. The van der Waals surface area contributed by atoms with Gasteiger partial charge >= 0.3 is 6.09 Å². The molecule has 0 atom stereocenters. The van der Waals surface area contributed by atoms with Crippen LogP contribution in [0.4, 0.5) is 4.79 Å². The van der Waals surface area contributed by atoms with Crippen molar-refractivity contribution in [1.82, 2.24) is 9.80 Å². The molecule has 0 spiro atoms. The predicted octanol–water partition coefficient (Wildman–Crippen LogP) is 1.91. The summed E-state index contributed by atoms with van der Waals surface area (Å²) in [5.41, 5.74) is 5.75. The third kappa shape index (κ3) is 5.29. The maximum atomic E-state index is 12.0. The van der Waals surface area contributed by atoms with Gasteiger partial charge in [-0.15, -0.1) is 0 Å². The lowest BCUT2D eigenvalue weighted by Gasteiger charge is -2.42. The van der Waals surface area contributed by atoms with Crippen LogP contribution in [0.25, 0.3) is 0 Å². The summed E-state index contributed by atoms with van der Waals surface area (Å²) in [4.78, 5) is 16.0. The molecule has 1 aliphatic rings. The molecule has 1 amide bonds. The minimum absolute atomic E-state index is 0.183. The van der Waals surface area contributed by atoms with Crippen molar-refractivity contribution < 1.29 is 9.53 Å². The number of carbonyl (C=O) groups excluding carboxylic acids is 1. The first-order valence-corrected chi connectivity index (χ1v) is 7.50. The lowest BCUT2D eigenvalue weighted by Crippen LogP contribution is -2.48. The van der Waals surface area contributed by atoms with E-state index in [0.29, 0.717) is 6.54 Å². The summed E-state index contributed by atoms with van der Waals surface area (Å²) in [5, 5.41) is 0. The Morgan fingerprint density at radius 2 is 1.85 bits per heavy atom. The van der Waals surface area contributed by atoms with Crippen LogP contribution in [-0.2, 0) is 4.74 Å². The number of hydrogen-bond acceptors (Lipinski definition) is 4. The van der Waals surface area contributed by atoms with Gasteiger partial charge in [0.1, 0.15) is 5.60 Å². The van der Waals surface area contributed by atoms with E-state index in [4.69, 9.17) is 10.5 Å². The van der Waals surface area contributed by atoms with Crippen molar-refractivity contribution in [1.29, 1.82) is 0 Å². The first-order valence-electron chi connectivity index (χ1n) is 7.50. The molecular weight excluding hydrogens is 254 g/mol. The second kappa shape index (κ2) is 6.76. The third-order valence-electron chi connectivity index (χ3n) is 4.00. The van der Waals surface area contributed by atoms with Crippen LogP contribution < -0.4 is 5.73 Å². The maximum absolute atomic E-state index is 12.0. The van der Waals surface area contributed by atoms with Crippen LogP contribution in [0.5, 0.6) is 0 Å². The minimum Gasteiger partial charge on any atom is -0.444 e. The Labute approximate surface area is 123 Å². The van der Waals surface area contributed by atoms with Gasteiger partial charge < -0.3 is 20.3 Å². The minimum atomic E-state index is -0.426. The van der Waals surface area contributed by atoms with Crippen LogP contribution in [-0.4, -0.2) is 61.8 Å². The molecular formula is C15H31N3O2. The Morgan fingerprint density at radius 3 is 2.25 bits per heavy atom. The Bertz CT molecular complexity index is 316. The average molecular weight is 285 g/mol. The molecule has 20 heavy (non-hydrogen) atoms. The molecule has 0 radical (unpaired) electrons. The highest BCUT2D eigenvalue weighted by Crippen LogP contribution is 2.34. The van der Waals surface area contributed by atoms with Gasteiger partial charge in [-0.05, 0) is 72.6 Å². The standard InChI is InChI=1S/C15H31N3O2/c1-14(2,3)20-13(19)18-10-7-15(12-16,8-11-18)6-9-17(4)5/h6-12,16H2,1-5H3. The highest BCUT2D eigenvalue weighted by atomic mass is 16.6. The number of amides is 1. The summed E-state index contributed by atoms with van der Waals surface area (Å²) in [6.45, 7) is 8.94. The molecule has 0 aromatic heterocycles. The summed E-state index contributed by atoms with van der Waals surface area (Å²) in [6, 6.07) is 0. The molecule has 1 fully saturated rings. The fourth-order valence-electron chi connectivity index (χ4n) is 2.51. The van der Waals surface area contributed by atoms with Crippen LogP contribution in [0.2, 0.25) is 0 Å². The Balaban J connectivity index is 2.50. The number of ether oxygens (including phenoxy) is 1. The number of carbonyl (C=O) groups is 1. The van der Waals surface area contributed by atoms with Crippen molar-refractivity contribution in [2.75, 3.05) is 40.3 Å². The van der Waals surface area contributed by atoms with E-state index in [2.05, 4.69) is 19.0 Å². The fourth-order valence-corrected chi connectivity index (χ4v) is 2.51. The van der Waals surface area contributed by atoms with Gasteiger partial charge in [-0.3, -0.25) is 0 Å². The van der Waals surface area contributed by atoms with Gasteiger partial charge in [0, 0.05) is 13.1 Å². The topological polar surface area (TPSA) is 58.8 Å². The largest absolute Gasteiger partial charge is 0.444 e. The van der Waals surface area contributed by atoms with Gasteiger partial charge in [0.15, 0.2) is 0 Å². The molecule has 0 bridgehead atoms. The number of likely N-dealkylation sites (tertiary alicyclic amines) is 1. The van der Waals surface area contributed by atoms with Crippen LogP contribution in [0.3, 0.4) is 0 Å². The van der Waals surface area contributed by atoms with Crippen LogP contribution in [0.1, 0.15) is 40.0 Å². The summed E-state index contributed by atoms with van der Waals surface area (Å²) in [5.74, 6) is 0. The van der Waals surface area contributed by atoms with E-state index < -0.39 is 5.60 Å². The normalized spacial score (nSPS) is 19.2. The number of hydrogen-bond donors (Lipinski definition) is 1. The zero-order valence-electron chi connectivity index (χ0n) is 13.7. The van der Waals surface area contributed by atoms with Gasteiger partial charge in [0.25, 0.3) is 0 Å². The van der Waals surface area contributed by atoms with E-state index in [-0.39, 0.29) is 11.5 Å².